The van der Waals surface area contributed by atoms with E-state index in [1.807, 2.05) is 51.1 Å². The molecule has 0 aromatic heterocycles. The van der Waals surface area contributed by atoms with E-state index in [-0.39, 0.29) is 17.7 Å². The molecule has 0 saturated carbocycles. The van der Waals surface area contributed by atoms with E-state index < -0.39 is 17.3 Å². The lowest BCUT2D eigenvalue weighted by molar-refractivity contribution is -0.146. The summed E-state index contributed by atoms with van der Waals surface area (Å²) in [6.45, 7) is 8.50. The molecule has 162 valence electrons. The Morgan fingerprint density at radius 3 is 2.38 bits per heavy atom. The third-order valence-electron chi connectivity index (χ3n) is 4.98. The van der Waals surface area contributed by atoms with Crippen LogP contribution in [-0.4, -0.2) is 52.5 Å². The number of benzene rings is 1. The fraction of sp³-hybridized carbons (Fsp3) is 0.591. The molecular weight excluding hydrogens is 388 g/mol. The maximum absolute atomic E-state index is 12.8. The zero-order valence-electron chi connectivity index (χ0n) is 17.9. The minimum atomic E-state index is -0.829. The molecule has 7 heteroatoms. The Morgan fingerprint density at radius 1 is 1.17 bits per heavy atom. The average Bonchev–Trinajstić information content (AvgIpc) is 2.67. The number of amides is 2. The second-order valence-corrected chi connectivity index (χ2v) is 9.16. The maximum atomic E-state index is 12.8. The molecule has 0 unspecified atom stereocenters. The van der Waals surface area contributed by atoms with Gasteiger partial charge < -0.3 is 15.3 Å². The SMILES string of the molecule is CCC[C@H](C(=O)O)C(C)(C)CNC(=O)N(CCSC(C)=O)CCc1ccccc1. The molecule has 0 aliphatic carbocycles. The maximum Gasteiger partial charge on any atom is 0.317 e. The molecule has 2 amide bonds. The minimum Gasteiger partial charge on any atom is -0.481 e. The normalized spacial score (nSPS) is 12.3. The molecule has 29 heavy (non-hydrogen) atoms. The van der Waals surface area contributed by atoms with E-state index in [0.29, 0.717) is 25.3 Å². The van der Waals surface area contributed by atoms with E-state index in [1.54, 1.807) is 4.90 Å². The van der Waals surface area contributed by atoms with Crippen LogP contribution in [0.5, 0.6) is 0 Å². The van der Waals surface area contributed by atoms with Crippen LogP contribution in [0, 0.1) is 11.3 Å². The molecule has 0 aliphatic heterocycles. The summed E-state index contributed by atoms with van der Waals surface area (Å²) in [4.78, 5) is 37.4. The van der Waals surface area contributed by atoms with Gasteiger partial charge in [0.25, 0.3) is 0 Å². The molecule has 0 saturated heterocycles. The van der Waals surface area contributed by atoms with Crippen LogP contribution in [0.1, 0.15) is 46.1 Å². The summed E-state index contributed by atoms with van der Waals surface area (Å²) in [6, 6.07) is 9.70. The minimum absolute atomic E-state index is 0.0263. The highest BCUT2D eigenvalue weighted by molar-refractivity contribution is 8.13. The smallest absolute Gasteiger partial charge is 0.317 e. The van der Waals surface area contributed by atoms with Crippen LogP contribution in [0.4, 0.5) is 4.79 Å². The number of carbonyl (C=O) groups excluding carboxylic acids is 2. The van der Waals surface area contributed by atoms with Gasteiger partial charge in [0.15, 0.2) is 5.12 Å². The van der Waals surface area contributed by atoms with E-state index >= 15 is 0 Å². The van der Waals surface area contributed by atoms with Crippen molar-refractivity contribution >= 4 is 28.9 Å². The molecule has 6 nitrogen and oxygen atoms in total. The van der Waals surface area contributed by atoms with Crippen LogP contribution in [0.15, 0.2) is 30.3 Å². The molecule has 0 radical (unpaired) electrons. The summed E-state index contributed by atoms with van der Waals surface area (Å²) < 4.78 is 0. The van der Waals surface area contributed by atoms with Crippen molar-refractivity contribution in [3.8, 4) is 0 Å². The highest BCUT2D eigenvalue weighted by Crippen LogP contribution is 2.30. The fourth-order valence-corrected chi connectivity index (χ4v) is 3.80. The molecular formula is C22H34N2O4S. The van der Waals surface area contributed by atoms with Gasteiger partial charge in [0, 0.05) is 32.3 Å². The number of hydrogen-bond donors (Lipinski definition) is 2. The van der Waals surface area contributed by atoms with Crippen molar-refractivity contribution in [3.63, 3.8) is 0 Å². The number of carbonyl (C=O) groups is 3. The molecule has 0 bridgehead atoms. The average molecular weight is 423 g/mol. The van der Waals surface area contributed by atoms with E-state index in [9.17, 15) is 19.5 Å². The predicted molar refractivity (Wildman–Crippen MR) is 118 cm³/mol. The third-order valence-corrected chi connectivity index (χ3v) is 5.77. The quantitative estimate of drug-likeness (QED) is 0.531. The van der Waals surface area contributed by atoms with Crippen molar-refractivity contribution in [1.82, 2.24) is 10.2 Å². The number of aliphatic carboxylic acids is 1. The van der Waals surface area contributed by atoms with E-state index in [4.69, 9.17) is 0 Å². The molecule has 1 aromatic rings. The zero-order valence-corrected chi connectivity index (χ0v) is 18.8. The van der Waals surface area contributed by atoms with Crippen LogP contribution in [0.2, 0.25) is 0 Å². The highest BCUT2D eigenvalue weighted by atomic mass is 32.2. The Labute approximate surface area is 178 Å². The van der Waals surface area contributed by atoms with Gasteiger partial charge in [-0.15, -0.1) is 0 Å². The predicted octanol–water partition coefficient (Wildman–Crippen LogP) is 4.05. The molecule has 1 rings (SSSR count). The lowest BCUT2D eigenvalue weighted by Crippen LogP contribution is -2.47. The molecule has 1 aromatic carbocycles. The Morgan fingerprint density at radius 2 is 1.83 bits per heavy atom. The van der Waals surface area contributed by atoms with Crippen LogP contribution < -0.4 is 5.32 Å². The highest BCUT2D eigenvalue weighted by Gasteiger charge is 2.35. The largest absolute Gasteiger partial charge is 0.481 e. The first kappa shape index (κ1) is 25.0. The van der Waals surface area contributed by atoms with Gasteiger partial charge in [-0.1, -0.05) is 69.3 Å². The Balaban J connectivity index is 2.73. The summed E-state index contributed by atoms with van der Waals surface area (Å²) in [7, 11) is 0. The van der Waals surface area contributed by atoms with Crippen molar-refractivity contribution in [2.75, 3.05) is 25.4 Å². The summed E-state index contributed by atoms with van der Waals surface area (Å²) in [5.74, 6) is -0.808. The van der Waals surface area contributed by atoms with Gasteiger partial charge >= 0.3 is 12.0 Å². The summed E-state index contributed by atoms with van der Waals surface area (Å²) >= 11 is 1.20. The van der Waals surface area contributed by atoms with Gasteiger partial charge in [-0.25, -0.2) is 4.79 Å². The number of carboxylic acid groups (broad SMARTS) is 1. The first-order valence-corrected chi connectivity index (χ1v) is 11.1. The van der Waals surface area contributed by atoms with Gasteiger partial charge in [-0.3, -0.25) is 9.59 Å². The monoisotopic (exact) mass is 422 g/mol. The first-order chi connectivity index (χ1) is 13.7. The van der Waals surface area contributed by atoms with Crippen molar-refractivity contribution in [3.05, 3.63) is 35.9 Å². The Bertz CT molecular complexity index is 664. The zero-order chi connectivity index (χ0) is 21.9. The number of nitrogens with zero attached hydrogens (tertiary/aromatic N) is 1. The van der Waals surface area contributed by atoms with Crippen LogP contribution in [0.25, 0.3) is 0 Å². The molecule has 0 spiro atoms. The van der Waals surface area contributed by atoms with Gasteiger partial charge in [0.1, 0.15) is 0 Å². The molecule has 0 heterocycles. The Hall–Kier alpha value is -2.02. The van der Waals surface area contributed by atoms with E-state index in [0.717, 1.165) is 18.4 Å². The summed E-state index contributed by atoms with van der Waals surface area (Å²) in [5, 5.41) is 12.5. The number of thioether (sulfide) groups is 1. The number of hydrogen-bond acceptors (Lipinski definition) is 4. The van der Waals surface area contributed by atoms with Gasteiger partial charge in [0.05, 0.1) is 5.92 Å². The standard InChI is InChI=1S/C22H34N2O4S/c1-5-9-19(20(26)27)22(3,4)16-23-21(28)24(14-15-29-17(2)25)13-12-18-10-7-6-8-11-18/h6-8,10-11,19H,5,9,12-16H2,1-4H3,(H,23,28)(H,26,27)/t19-/m1/s1. The second-order valence-electron chi connectivity index (χ2n) is 7.89. The van der Waals surface area contributed by atoms with Crippen molar-refractivity contribution in [2.24, 2.45) is 11.3 Å². The molecule has 2 N–H and O–H groups in total. The van der Waals surface area contributed by atoms with Gasteiger partial charge in [-0.2, -0.15) is 0 Å². The molecule has 0 fully saturated rings. The van der Waals surface area contributed by atoms with Crippen molar-refractivity contribution in [1.29, 1.82) is 0 Å². The lowest BCUT2D eigenvalue weighted by atomic mass is 9.76. The van der Waals surface area contributed by atoms with E-state index in [2.05, 4.69) is 5.32 Å². The van der Waals surface area contributed by atoms with Crippen LogP contribution in [0.3, 0.4) is 0 Å². The van der Waals surface area contributed by atoms with E-state index in [1.165, 1.54) is 18.7 Å². The molecule has 0 aliphatic rings. The fourth-order valence-electron chi connectivity index (χ4n) is 3.20. The summed E-state index contributed by atoms with van der Waals surface area (Å²) in [6.07, 6.45) is 2.07. The second kappa shape index (κ2) is 12.5. The number of rotatable bonds is 12. The van der Waals surface area contributed by atoms with Crippen LogP contribution >= 0.6 is 11.8 Å². The van der Waals surface area contributed by atoms with Gasteiger partial charge in [0.2, 0.25) is 0 Å². The third kappa shape index (κ3) is 9.35. The van der Waals surface area contributed by atoms with Crippen molar-refractivity contribution in [2.45, 2.75) is 47.0 Å². The first-order valence-electron chi connectivity index (χ1n) is 10.1. The molecule has 1 atom stereocenters. The Kier molecular flexibility index (Phi) is 10.8. The summed E-state index contributed by atoms with van der Waals surface area (Å²) in [5.41, 5.74) is 0.579. The topological polar surface area (TPSA) is 86.7 Å². The number of nitrogens with one attached hydrogen (secondary N) is 1. The number of carboxylic acids is 1. The van der Waals surface area contributed by atoms with Crippen LogP contribution in [-0.2, 0) is 16.0 Å². The number of urea groups is 1. The lowest BCUT2D eigenvalue weighted by Gasteiger charge is -2.33. The van der Waals surface area contributed by atoms with Crippen molar-refractivity contribution < 1.29 is 19.5 Å². The van der Waals surface area contributed by atoms with Gasteiger partial charge in [-0.05, 0) is 23.8 Å².